The Morgan fingerprint density at radius 3 is 2.07 bits per heavy atom. The largest absolute Gasteiger partial charge is 0.457 e. The predicted molar refractivity (Wildman–Crippen MR) is 96.4 cm³/mol. The molecule has 2 atom stereocenters. The van der Waals surface area contributed by atoms with E-state index in [1.807, 2.05) is 27.7 Å². The van der Waals surface area contributed by atoms with Crippen LogP contribution in [0.3, 0.4) is 0 Å². The summed E-state index contributed by atoms with van der Waals surface area (Å²) in [5, 5.41) is 19.6. The lowest BCUT2D eigenvalue weighted by atomic mass is 10.1. The van der Waals surface area contributed by atoms with E-state index in [0.717, 1.165) is 12.1 Å². The summed E-state index contributed by atoms with van der Waals surface area (Å²) in [6, 6.07) is 2.46. The molecule has 0 bridgehead atoms. The van der Waals surface area contributed by atoms with E-state index in [2.05, 4.69) is 4.74 Å². The van der Waals surface area contributed by atoms with Crippen molar-refractivity contribution in [3.05, 3.63) is 29.6 Å². The summed E-state index contributed by atoms with van der Waals surface area (Å²) in [4.78, 5) is 23.1. The van der Waals surface area contributed by atoms with Crippen molar-refractivity contribution in [3.8, 4) is 0 Å². The number of benzene rings is 1. The maximum atomic E-state index is 13.8. The van der Waals surface area contributed by atoms with Gasteiger partial charge in [0.05, 0.1) is 12.2 Å². The van der Waals surface area contributed by atoms with Gasteiger partial charge in [0.1, 0.15) is 11.9 Å². The first-order valence-corrected chi connectivity index (χ1v) is 8.62. The monoisotopic (exact) mass is 413 g/mol. The molecule has 0 aliphatic heterocycles. The molecule has 2 unspecified atom stereocenters. The number of amides is 1. The first-order chi connectivity index (χ1) is 12.9. The molecule has 0 aliphatic carbocycles. The van der Waals surface area contributed by atoms with E-state index in [9.17, 15) is 32.3 Å². The van der Waals surface area contributed by atoms with Crippen molar-refractivity contribution in [2.24, 2.45) is 0 Å². The highest BCUT2D eigenvalue weighted by Gasteiger charge is 2.55. The highest BCUT2D eigenvalue weighted by molar-refractivity contribution is 5.98. The molecule has 0 aliphatic rings. The van der Waals surface area contributed by atoms with Crippen molar-refractivity contribution in [3.63, 3.8) is 0 Å². The number of hydrogen-bond acceptors (Lipinski definition) is 5. The first-order valence-electron chi connectivity index (χ1n) is 8.62. The second-order valence-electron chi connectivity index (χ2n) is 5.12. The van der Waals surface area contributed by atoms with Gasteiger partial charge in [-0.15, -0.1) is 0 Å². The number of aliphatic hydroxyl groups excluding tert-OH is 1. The van der Waals surface area contributed by atoms with E-state index in [0.29, 0.717) is 6.07 Å². The van der Waals surface area contributed by atoms with Crippen LogP contribution in [0.1, 0.15) is 51.9 Å². The molecule has 0 aromatic heterocycles. The van der Waals surface area contributed by atoms with Crippen LogP contribution in [0.2, 0.25) is 0 Å². The summed E-state index contributed by atoms with van der Waals surface area (Å²) in [6.45, 7) is 9.14. The van der Waals surface area contributed by atoms with Gasteiger partial charge in [-0.1, -0.05) is 27.7 Å². The zero-order valence-electron chi connectivity index (χ0n) is 16.6. The number of carbonyl (C=O) groups excluding carboxylic acids is 2. The zero-order valence-corrected chi connectivity index (χ0v) is 16.6. The summed E-state index contributed by atoms with van der Waals surface area (Å²) >= 11 is 0. The first kappa shape index (κ1) is 28.0. The number of rotatable bonds is 5. The van der Waals surface area contributed by atoms with Crippen molar-refractivity contribution in [1.82, 2.24) is 0 Å². The molecule has 28 heavy (non-hydrogen) atoms. The Balaban J connectivity index is 0. The number of nitrogens with one attached hydrogen (secondary N) is 1. The van der Waals surface area contributed by atoms with Crippen LogP contribution in [0.5, 0.6) is 0 Å². The molecular weight excluding hydrogens is 386 g/mol. The Bertz CT molecular complexity index is 633. The van der Waals surface area contributed by atoms with E-state index >= 15 is 0 Å². The van der Waals surface area contributed by atoms with Gasteiger partial charge >= 0.3 is 12.1 Å². The van der Waals surface area contributed by atoms with Gasteiger partial charge in [0, 0.05) is 5.69 Å². The molecule has 10 heteroatoms. The van der Waals surface area contributed by atoms with Gasteiger partial charge in [-0.2, -0.15) is 13.2 Å². The summed E-state index contributed by atoms with van der Waals surface area (Å²) in [7, 11) is 0. The maximum absolute atomic E-state index is 13.8. The second kappa shape index (κ2) is 12.3. The molecule has 1 rings (SSSR count). The highest BCUT2D eigenvalue weighted by Crippen LogP contribution is 2.31. The van der Waals surface area contributed by atoms with Gasteiger partial charge in [-0.3, -0.25) is 4.79 Å². The fourth-order valence-electron chi connectivity index (χ4n) is 1.42. The molecule has 0 saturated heterocycles. The summed E-state index contributed by atoms with van der Waals surface area (Å²) < 4.78 is 56.1. The molecule has 162 valence electrons. The van der Waals surface area contributed by atoms with E-state index < -0.39 is 53.4 Å². The van der Waals surface area contributed by atoms with Gasteiger partial charge in [0.15, 0.2) is 0 Å². The summed E-state index contributed by atoms with van der Waals surface area (Å²) in [5.74, 6) is -4.05. The number of alkyl halides is 3. The Labute approximate surface area is 161 Å². The summed E-state index contributed by atoms with van der Waals surface area (Å²) in [6.07, 6.45) is -6.10. The summed E-state index contributed by atoms with van der Waals surface area (Å²) in [5.41, 5.74) is -4.60. The van der Waals surface area contributed by atoms with Crippen molar-refractivity contribution in [2.75, 3.05) is 11.9 Å². The maximum Gasteiger partial charge on any atom is 0.426 e. The zero-order chi connectivity index (χ0) is 22.7. The number of anilines is 1. The number of halogens is 4. The van der Waals surface area contributed by atoms with E-state index in [4.69, 9.17) is 5.11 Å². The quantitative estimate of drug-likeness (QED) is 0.506. The number of hydrogen-bond donors (Lipinski definition) is 3. The minimum atomic E-state index is -5.22. The molecule has 0 saturated carbocycles. The SMILES string of the molecule is CC.CC.CC(CO)OC(=O)c1ccc(NC(=O)C(C)(O)C(F)(F)F)cc1F. The van der Waals surface area contributed by atoms with E-state index in [1.54, 1.807) is 5.32 Å². The van der Waals surface area contributed by atoms with Crippen LogP contribution in [0.25, 0.3) is 0 Å². The van der Waals surface area contributed by atoms with Crippen LogP contribution >= 0.6 is 0 Å². The third-order valence-electron chi connectivity index (χ3n) is 3.01. The van der Waals surface area contributed by atoms with Crippen LogP contribution in [-0.2, 0) is 9.53 Å². The van der Waals surface area contributed by atoms with Crippen LogP contribution in [0.15, 0.2) is 18.2 Å². The molecule has 0 radical (unpaired) electrons. The predicted octanol–water partition coefficient (Wildman–Crippen LogP) is 3.67. The van der Waals surface area contributed by atoms with Gasteiger partial charge in [0.25, 0.3) is 5.91 Å². The van der Waals surface area contributed by atoms with Crippen molar-refractivity contribution < 1.29 is 42.1 Å². The number of esters is 1. The molecule has 3 N–H and O–H groups in total. The Hall–Kier alpha value is -2.20. The molecule has 1 aromatic carbocycles. The van der Waals surface area contributed by atoms with Crippen LogP contribution in [-0.4, -0.2) is 46.6 Å². The smallest absolute Gasteiger partial charge is 0.426 e. The minimum absolute atomic E-state index is 0.251. The number of ether oxygens (including phenoxy) is 1. The molecular formula is C18H27F4NO5. The van der Waals surface area contributed by atoms with Gasteiger partial charge in [-0.05, 0) is 32.0 Å². The molecule has 1 amide bonds. The normalized spacial score (nSPS) is 13.6. The number of aliphatic hydroxyl groups is 2. The fourth-order valence-corrected chi connectivity index (χ4v) is 1.42. The minimum Gasteiger partial charge on any atom is -0.457 e. The molecule has 0 fully saturated rings. The molecule has 6 nitrogen and oxygen atoms in total. The second-order valence-corrected chi connectivity index (χ2v) is 5.12. The van der Waals surface area contributed by atoms with Crippen molar-refractivity contribution in [2.45, 2.75) is 59.4 Å². The Morgan fingerprint density at radius 2 is 1.68 bits per heavy atom. The standard InChI is InChI=1S/C14H15F4NO5.2C2H6/c1-7(6-20)24-11(21)9-4-3-8(5-10(9)15)19-12(22)13(2,23)14(16,17)18;2*1-2/h3-5,7,20,23H,6H2,1-2H3,(H,19,22);2*1-2H3. The van der Waals surface area contributed by atoms with Gasteiger partial charge < -0.3 is 20.3 Å². The van der Waals surface area contributed by atoms with Gasteiger partial charge in [-0.25, -0.2) is 9.18 Å². The topological polar surface area (TPSA) is 95.9 Å². The van der Waals surface area contributed by atoms with Crippen LogP contribution in [0.4, 0.5) is 23.2 Å². The van der Waals surface area contributed by atoms with Crippen LogP contribution in [0, 0.1) is 5.82 Å². The highest BCUT2D eigenvalue weighted by atomic mass is 19.4. The van der Waals surface area contributed by atoms with Crippen molar-refractivity contribution >= 4 is 17.6 Å². The lowest BCUT2D eigenvalue weighted by molar-refractivity contribution is -0.242. The lowest BCUT2D eigenvalue weighted by Crippen LogP contribution is -2.52. The Morgan fingerprint density at radius 1 is 1.18 bits per heavy atom. The average molecular weight is 413 g/mol. The van der Waals surface area contributed by atoms with Gasteiger partial charge in [0.2, 0.25) is 5.60 Å². The fraction of sp³-hybridized carbons (Fsp3) is 0.556. The molecule has 1 aromatic rings. The third-order valence-corrected chi connectivity index (χ3v) is 3.01. The number of carbonyl (C=O) groups is 2. The van der Waals surface area contributed by atoms with Crippen molar-refractivity contribution in [1.29, 1.82) is 0 Å². The van der Waals surface area contributed by atoms with E-state index in [1.165, 1.54) is 6.92 Å². The third kappa shape index (κ3) is 7.81. The van der Waals surface area contributed by atoms with E-state index in [-0.39, 0.29) is 6.92 Å². The van der Waals surface area contributed by atoms with Crippen LogP contribution < -0.4 is 5.32 Å². The Kier molecular flexibility index (Phi) is 12.3. The molecule has 0 heterocycles. The lowest BCUT2D eigenvalue weighted by Gasteiger charge is -2.24. The average Bonchev–Trinajstić information content (AvgIpc) is 2.63. The molecule has 0 spiro atoms.